The Labute approximate surface area is 119 Å². The highest BCUT2D eigenvalue weighted by atomic mass is 19.1. The Morgan fingerprint density at radius 2 is 1.70 bits per heavy atom. The van der Waals surface area contributed by atoms with Crippen molar-refractivity contribution in [1.82, 2.24) is 0 Å². The number of anilines is 1. The lowest BCUT2D eigenvalue weighted by molar-refractivity contribution is 0.500. The van der Waals surface area contributed by atoms with E-state index in [0.29, 0.717) is 11.6 Å². The first-order valence-electron chi connectivity index (χ1n) is 7.09. The topological polar surface area (TPSA) is 29.3 Å². The molecule has 2 aromatic carbocycles. The van der Waals surface area contributed by atoms with Gasteiger partial charge in [0.2, 0.25) is 0 Å². The van der Waals surface area contributed by atoms with Crippen LogP contribution >= 0.6 is 0 Å². The minimum atomic E-state index is -0.163. The lowest BCUT2D eigenvalue weighted by Gasteiger charge is -2.32. The van der Waals surface area contributed by atoms with Crippen LogP contribution in [-0.4, -0.2) is 19.1 Å². The Bertz CT molecular complexity index is 575. The fourth-order valence-electron chi connectivity index (χ4n) is 2.71. The molecule has 0 unspecified atom stereocenters. The summed E-state index contributed by atoms with van der Waals surface area (Å²) in [6.45, 7) is 1.82. The molecule has 0 aromatic heterocycles. The molecule has 104 valence electrons. The van der Waals surface area contributed by atoms with Gasteiger partial charge in [-0.25, -0.2) is 4.39 Å². The van der Waals surface area contributed by atoms with Crippen LogP contribution in [0.15, 0.2) is 48.5 Å². The summed E-state index contributed by atoms with van der Waals surface area (Å²) in [5.74, 6) is -0.163. The van der Waals surface area contributed by atoms with Crippen molar-refractivity contribution in [3.05, 3.63) is 54.3 Å². The van der Waals surface area contributed by atoms with Gasteiger partial charge in [0.1, 0.15) is 5.82 Å². The number of nitrogens with zero attached hydrogens (tertiary/aromatic N) is 1. The predicted octanol–water partition coefficient (Wildman–Crippen LogP) is 3.42. The van der Waals surface area contributed by atoms with Crippen molar-refractivity contribution in [1.29, 1.82) is 0 Å². The van der Waals surface area contributed by atoms with Crippen LogP contribution in [0.3, 0.4) is 0 Å². The number of halogens is 1. The molecule has 0 saturated carbocycles. The van der Waals surface area contributed by atoms with Crippen LogP contribution in [0.4, 0.5) is 10.1 Å². The van der Waals surface area contributed by atoms with Crippen molar-refractivity contribution in [3.63, 3.8) is 0 Å². The summed E-state index contributed by atoms with van der Waals surface area (Å²) in [4.78, 5) is 2.21. The van der Waals surface area contributed by atoms with E-state index >= 15 is 0 Å². The van der Waals surface area contributed by atoms with E-state index in [9.17, 15) is 4.39 Å². The SMILES string of the molecule is NC1CCN(c2ccc(-c3ccccc3)c(F)c2)CC1. The highest BCUT2D eigenvalue weighted by molar-refractivity contribution is 5.67. The van der Waals surface area contributed by atoms with Crippen molar-refractivity contribution in [2.75, 3.05) is 18.0 Å². The lowest BCUT2D eigenvalue weighted by Crippen LogP contribution is -2.39. The smallest absolute Gasteiger partial charge is 0.133 e. The van der Waals surface area contributed by atoms with Gasteiger partial charge in [-0.3, -0.25) is 0 Å². The molecule has 0 atom stereocenters. The monoisotopic (exact) mass is 270 g/mol. The maximum absolute atomic E-state index is 14.3. The molecule has 2 N–H and O–H groups in total. The normalized spacial score (nSPS) is 16.4. The standard InChI is InChI=1S/C17H19FN2/c18-17-12-15(20-10-8-14(19)9-11-20)6-7-16(17)13-4-2-1-3-5-13/h1-7,12,14H,8-11,19H2. The summed E-state index contributed by atoms with van der Waals surface area (Å²) >= 11 is 0. The second-order valence-electron chi connectivity index (χ2n) is 5.35. The molecule has 20 heavy (non-hydrogen) atoms. The van der Waals surface area contributed by atoms with Crippen LogP contribution in [0.2, 0.25) is 0 Å². The minimum absolute atomic E-state index is 0.163. The van der Waals surface area contributed by atoms with E-state index < -0.39 is 0 Å². The van der Waals surface area contributed by atoms with Gasteiger partial charge in [0, 0.05) is 30.4 Å². The van der Waals surface area contributed by atoms with Gasteiger partial charge in [0.25, 0.3) is 0 Å². The van der Waals surface area contributed by atoms with Crippen molar-refractivity contribution >= 4 is 5.69 Å². The van der Waals surface area contributed by atoms with Crippen molar-refractivity contribution in [3.8, 4) is 11.1 Å². The van der Waals surface area contributed by atoms with Gasteiger partial charge < -0.3 is 10.6 Å². The zero-order chi connectivity index (χ0) is 13.9. The van der Waals surface area contributed by atoms with E-state index in [1.54, 1.807) is 6.07 Å². The van der Waals surface area contributed by atoms with Crippen LogP contribution in [0, 0.1) is 5.82 Å². The fraction of sp³-hybridized carbons (Fsp3) is 0.294. The molecular weight excluding hydrogens is 251 g/mol. The van der Waals surface area contributed by atoms with Crippen LogP contribution in [0.1, 0.15) is 12.8 Å². The van der Waals surface area contributed by atoms with Crippen LogP contribution in [-0.2, 0) is 0 Å². The summed E-state index contributed by atoms with van der Waals surface area (Å²) in [6, 6.07) is 15.4. The third kappa shape index (κ3) is 2.68. The van der Waals surface area contributed by atoms with Crippen molar-refractivity contribution in [2.45, 2.75) is 18.9 Å². The second-order valence-corrected chi connectivity index (χ2v) is 5.35. The molecule has 0 spiro atoms. The molecular formula is C17H19FN2. The Morgan fingerprint density at radius 3 is 2.35 bits per heavy atom. The molecule has 0 bridgehead atoms. The molecule has 1 aliphatic rings. The van der Waals surface area contributed by atoms with Crippen LogP contribution < -0.4 is 10.6 Å². The Kier molecular flexibility index (Phi) is 3.70. The Hall–Kier alpha value is -1.87. The first-order chi connectivity index (χ1) is 9.74. The average Bonchev–Trinajstić information content (AvgIpc) is 2.49. The molecule has 3 rings (SSSR count). The van der Waals surface area contributed by atoms with Gasteiger partial charge in [-0.05, 0) is 36.6 Å². The van der Waals surface area contributed by atoms with E-state index in [-0.39, 0.29) is 5.82 Å². The molecule has 0 radical (unpaired) electrons. The van der Waals surface area contributed by atoms with E-state index in [2.05, 4.69) is 4.90 Å². The molecule has 3 heteroatoms. The Balaban J connectivity index is 1.84. The van der Waals surface area contributed by atoms with Crippen molar-refractivity contribution in [2.24, 2.45) is 5.73 Å². The zero-order valence-corrected chi connectivity index (χ0v) is 11.4. The van der Waals surface area contributed by atoms with E-state index in [1.165, 1.54) is 0 Å². The quantitative estimate of drug-likeness (QED) is 0.906. The van der Waals surface area contributed by atoms with E-state index in [0.717, 1.165) is 37.2 Å². The highest BCUT2D eigenvalue weighted by Crippen LogP contribution is 2.27. The summed E-state index contributed by atoms with van der Waals surface area (Å²) < 4.78 is 14.3. The van der Waals surface area contributed by atoms with Gasteiger partial charge in [0.15, 0.2) is 0 Å². The average molecular weight is 270 g/mol. The first-order valence-corrected chi connectivity index (χ1v) is 7.09. The molecule has 1 saturated heterocycles. The van der Waals surface area contributed by atoms with Gasteiger partial charge >= 0.3 is 0 Å². The van der Waals surface area contributed by atoms with Crippen LogP contribution in [0.5, 0.6) is 0 Å². The fourth-order valence-corrected chi connectivity index (χ4v) is 2.71. The Morgan fingerprint density at radius 1 is 1.00 bits per heavy atom. The lowest BCUT2D eigenvalue weighted by atomic mass is 10.0. The van der Waals surface area contributed by atoms with Crippen LogP contribution in [0.25, 0.3) is 11.1 Å². The van der Waals surface area contributed by atoms with Gasteiger partial charge in [0.05, 0.1) is 0 Å². The molecule has 1 aliphatic heterocycles. The summed E-state index contributed by atoms with van der Waals surface area (Å²) in [6.07, 6.45) is 1.95. The maximum Gasteiger partial charge on any atom is 0.133 e. The number of rotatable bonds is 2. The molecule has 0 amide bonds. The molecule has 1 fully saturated rings. The molecule has 0 aliphatic carbocycles. The maximum atomic E-state index is 14.3. The summed E-state index contributed by atoms with van der Waals surface area (Å²) in [5, 5.41) is 0. The number of hydrogen-bond acceptors (Lipinski definition) is 2. The van der Waals surface area contributed by atoms with Gasteiger partial charge in [-0.1, -0.05) is 30.3 Å². The third-order valence-corrected chi connectivity index (χ3v) is 3.94. The van der Waals surface area contributed by atoms with Gasteiger partial charge in [-0.15, -0.1) is 0 Å². The zero-order valence-electron chi connectivity index (χ0n) is 11.4. The first kappa shape index (κ1) is 13.1. The van der Waals surface area contributed by atoms with E-state index in [4.69, 9.17) is 5.73 Å². The summed E-state index contributed by atoms with van der Waals surface area (Å²) in [5.41, 5.74) is 8.43. The third-order valence-electron chi connectivity index (χ3n) is 3.94. The van der Waals surface area contributed by atoms with Crippen molar-refractivity contribution < 1.29 is 4.39 Å². The molecule has 1 heterocycles. The molecule has 2 aromatic rings. The predicted molar refractivity (Wildman–Crippen MR) is 81.3 cm³/mol. The summed E-state index contributed by atoms with van der Waals surface area (Å²) in [7, 11) is 0. The number of hydrogen-bond donors (Lipinski definition) is 1. The number of piperidine rings is 1. The molecule has 2 nitrogen and oxygen atoms in total. The second kappa shape index (κ2) is 5.63. The largest absolute Gasteiger partial charge is 0.371 e. The van der Waals surface area contributed by atoms with E-state index in [1.807, 2.05) is 42.5 Å². The van der Waals surface area contributed by atoms with Gasteiger partial charge in [-0.2, -0.15) is 0 Å². The number of benzene rings is 2. The number of nitrogens with two attached hydrogens (primary N) is 1. The minimum Gasteiger partial charge on any atom is -0.371 e. The highest BCUT2D eigenvalue weighted by Gasteiger charge is 2.17.